The first-order chi connectivity index (χ1) is 15.6. The molecule has 0 saturated carbocycles. The van der Waals surface area contributed by atoms with Crippen LogP contribution in [0.4, 0.5) is 5.00 Å². The highest BCUT2D eigenvalue weighted by molar-refractivity contribution is 8.01. The van der Waals surface area contributed by atoms with Crippen molar-refractivity contribution in [3.8, 4) is 0 Å². The van der Waals surface area contributed by atoms with E-state index in [4.69, 9.17) is 9.47 Å². The number of nitrogens with one attached hydrogen (secondary N) is 1. The fraction of sp³-hybridized carbons (Fsp3) is 0.652. The fourth-order valence-corrected chi connectivity index (χ4v) is 7.59. The number of amides is 2. The summed E-state index contributed by atoms with van der Waals surface area (Å²) in [6.07, 6.45) is 2.65. The van der Waals surface area contributed by atoms with E-state index in [1.54, 1.807) is 23.6 Å². The maximum Gasteiger partial charge on any atom is 0.341 e. The van der Waals surface area contributed by atoms with Gasteiger partial charge in [0.2, 0.25) is 5.91 Å². The first-order valence-corrected chi connectivity index (χ1v) is 13.2. The lowest BCUT2D eigenvalue weighted by molar-refractivity contribution is -0.160. The summed E-state index contributed by atoms with van der Waals surface area (Å²) in [6.45, 7) is 7.62. The standard InChI is InChI=1S/C23H30N2O6S2/c1-5-30-22(29)18-14-7-6-12(2)10-16(14)33-20(18)24-19(27)13(3)31-21(28)15-11-32-23(4)9-8-17(26)25(15)23/h12-13,15H,5-11H2,1-4H3,(H,24,27)/t12-,13-,15+,23+/m1/s1. The highest BCUT2D eigenvalue weighted by Gasteiger charge is 2.53. The van der Waals surface area contributed by atoms with Crippen LogP contribution in [-0.4, -0.2) is 58.0 Å². The molecule has 2 saturated heterocycles. The number of hydrogen-bond donors (Lipinski definition) is 1. The number of thioether (sulfide) groups is 1. The van der Waals surface area contributed by atoms with Crippen molar-refractivity contribution in [1.82, 2.24) is 4.90 Å². The Morgan fingerprint density at radius 1 is 1.30 bits per heavy atom. The molecule has 4 rings (SSSR count). The summed E-state index contributed by atoms with van der Waals surface area (Å²) in [7, 11) is 0. The molecule has 1 aromatic rings. The smallest absolute Gasteiger partial charge is 0.341 e. The molecule has 0 radical (unpaired) electrons. The van der Waals surface area contributed by atoms with Gasteiger partial charge in [0, 0.05) is 17.1 Å². The summed E-state index contributed by atoms with van der Waals surface area (Å²) in [4.78, 5) is 53.0. The van der Waals surface area contributed by atoms with E-state index in [1.165, 1.54) is 18.3 Å². The fourth-order valence-electron chi connectivity index (χ4n) is 4.77. The minimum absolute atomic E-state index is 0.0565. The Morgan fingerprint density at radius 3 is 2.79 bits per heavy atom. The molecular formula is C23H30N2O6S2. The number of esters is 2. The van der Waals surface area contributed by atoms with Crippen LogP contribution >= 0.6 is 23.1 Å². The molecule has 3 heterocycles. The summed E-state index contributed by atoms with van der Waals surface area (Å²) in [5, 5.41) is 3.24. The van der Waals surface area contributed by atoms with E-state index in [2.05, 4.69) is 12.2 Å². The first-order valence-electron chi connectivity index (χ1n) is 11.4. The monoisotopic (exact) mass is 494 g/mol. The summed E-state index contributed by atoms with van der Waals surface area (Å²) in [5.74, 6) is -0.620. The molecule has 33 heavy (non-hydrogen) atoms. The van der Waals surface area contributed by atoms with Crippen molar-refractivity contribution in [2.45, 2.75) is 76.8 Å². The van der Waals surface area contributed by atoms with E-state index in [9.17, 15) is 19.2 Å². The van der Waals surface area contributed by atoms with Crippen molar-refractivity contribution < 1.29 is 28.7 Å². The molecule has 0 bridgehead atoms. The highest BCUT2D eigenvalue weighted by atomic mass is 32.2. The minimum Gasteiger partial charge on any atom is -0.462 e. The topological polar surface area (TPSA) is 102 Å². The van der Waals surface area contributed by atoms with E-state index in [0.717, 1.165) is 29.7 Å². The largest absolute Gasteiger partial charge is 0.462 e. The van der Waals surface area contributed by atoms with Crippen molar-refractivity contribution in [3.63, 3.8) is 0 Å². The van der Waals surface area contributed by atoms with Crippen molar-refractivity contribution in [2.75, 3.05) is 17.7 Å². The minimum atomic E-state index is -1.07. The third-order valence-electron chi connectivity index (χ3n) is 6.61. The molecule has 1 N–H and O–H groups in total. The molecule has 3 aliphatic rings. The third kappa shape index (κ3) is 4.51. The quantitative estimate of drug-likeness (QED) is 0.605. The Kier molecular flexibility index (Phi) is 6.77. The number of carbonyl (C=O) groups excluding carboxylic acids is 4. The second kappa shape index (κ2) is 9.29. The van der Waals surface area contributed by atoms with Gasteiger partial charge < -0.3 is 19.7 Å². The van der Waals surface area contributed by atoms with Crippen molar-refractivity contribution >= 4 is 51.9 Å². The molecule has 1 aromatic heterocycles. The first kappa shape index (κ1) is 24.1. The summed E-state index contributed by atoms with van der Waals surface area (Å²) in [5.41, 5.74) is 1.37. The van der Waals surface area contributed by atoms with E-state index < -0.39 is 30.0 Å². The van der Waals surface area contributed by atoms with Crippen LogP contribution in [0.15, 0.2) is 0 Å². The molecule has 1 aliphatic carbocycles. The van der Waals surface area contributed by atoms with E-state index in [0.29, 0.717) is 35.1 Å². The van der Waals surface area contributed by atoms with Gasteiger partial charge in [0.15, 0.2) is 6.10 Å². The number of hydrogen-bond acceptors (Lipinski definition) is 8. The molecule has 2 aliphatic heterocycles. The van der Waals surface area contributed by atoms with E-state index in [-0.39, 0.29) is 17.4 Å². The average molecular weight is 495 g/mol. The summed E-state index contributed by atoms with van der Waals surface area (Å²) in [6, 6.07) is -0.684. The van der Waals surface area contributed by atoms with Crippen LogP contribution in [0, 0.1) is 5.92 Å². The van der Waals surface area contributed by atoms with Crippen molar-refractivity contribution in [1.29, 1.82) is 0 Å². The molecule has 10 heteroatoms. The molecular weight excluding hydrogens is 464 g/mol. The number of nitrogens with zero attached hydrogens (tertiary/aromatic N) is 1. The Bertz CT molecular complexity index is 992. The molecule has 0 spiro atoms. The van der Waals surface area contributed by atoms with Crippen LogP contribution in [0.25, 0.3) is 0 Å². The van der Waals surface area contributed by atoms with Crippen LogP contribution in [0.2, 0.25) is 0 Å². The molecule has 0 unspecified atom stereocenters. The molecule has 0 aromatic carbocycles. The molecule has 4 atom stereocenters. The van der Waals surface area contributed by atoms with Crippen LogP contribution in [0.1, 0.15) is 67.8 Å². The second-order valence-electron chi connectivity index (χ2n) is 9.11. The number of rotatable bonds is 6. The van der Waals surface area contributed by atoms with Gasteiger partial charge in [-0.1, -0.05) is 6.92 Å². The molecule has 2 fully saturated rings. The predicted molar refractivity (Wildman–Crippen MR) is 126 cm³/mol. The molecule has 180 valence electrons. The van der Waals surface area contributed by atoms with Gasteiger partial charge in [-0.05, 0) is 57.9 Å². The van der Waals surface area contributed by atoms with Crippen LogP contribution in [0.5, 0.6) is 0 Å². The Morgan fingerprint density at radius 2 is 2.06 bits per heavy atom. The van der Waals surface area contributed by atoms with E-state index >= 15 is 0 Å². The zero-order chi connectivity index (χ0) is 23.9. The highest BCUT2D eigenvalue weighted by Crippen LogP contribution is 2.47. The average Bonchev–Trinajstić information content (AvgIpc) is 3.38. The van der Waals surface area contributed by atoms with Gasteiger partial charge in [-0.2, -0.15) is 0 Å². The number of fused-ring (bicyclic) bond motifs is 2. The Hall–Kier alpha value is -2.07. The number of carbonyl (C=O) groups is 4. The van der Waals surface area contributed by atoms with Crippen molar-refractivity contribution in [2.24, 2.45) is 5.92 Å². The number of thiophene rings is 1. The van der Waals surface area contributed by atoms with Gasteiger partial charge in [0.05, 0.1) is 17.0 Å². The van der Waals surface area contributed by atoms with Gasteiger partial charge in [0.25, 0.3) is 5.91 Å². The van der Waals surface area contributed by atoms with Gasteiger partial charge >= 0.3 is 11.9 Å². The van der Waals surface area contributed by atoms with Gasteiger partial charge in [0.1, 0.15) is 11.0 Å². The van der Waals surface area contributed by atoms with Crippen LogP contribution in [-0.2, 0) is 36.7 Å². The predicted octanol–water partition coefficient (Wildman–Crippen LogP) is 3.37. The second-order valence-corrected chi connectivity index (χ2v) is 11.7. The number of anilines is 1. The Labute approximate surface area is 201 Å². The van der Waals surface area contributed by atoms with Gasteiger partial charge in [-0.3, -0.25) is 9.59 Å². The van der Waals surface area contributed by atoms with Crippen LogP contribution in [0.3, 0.4) is 0 Å². The van der Waals surface area contributed by atoms with Crippen LogP contribution < -0.4 is 5.32 Å². The van der Waals surface area contributed by atoms with Crippen molar-refractivity contribution in [3.05, 3.63) is 16.0 Å². The normalized spacial score (nSPS) is 27.0. The van der Waals surface area contributed by atoms with E-state index in [1.807, 2.05) is 6.92 Å². The lowest BCUT2D eigenvalue weighted by atomic mass is 9.88. The SMILES string of the molecule is CCOC(=O)c1c(NC(=O)[C@@H](C)OC(=O)[C@@H]2CS[C@@]3(C)CCC(=O)N23)sc2c1CC[C@@H](C)C2. The zero-order valence-corrected chi connectivity index (χ0v) is 21.0. The zero-order valence-electron chi connectivity index (χ0n) is 19.4. The Balaban J connectivity index is 1.46. The molecule has 8 nitrogen and oxygen atoms in total. The third-order valence-corrected chi connectivity index (χ3v) is 9.28. The van der Waals surface area contributed by atoms with Gasteiger partial charge in [-0.25, -0.2) is 9.59 Å². The maximum absolute atomic E-state index is 12.9. The van der Waals surface area contributed by atoms with Gasteiger partial charge in [-0.15, -0.1) is 23.1 Å². The number of ether oxygens (including phenoxy) is 2. The maximum atomic E-state index is 12.9. The molecule has 2 amide bonds. The lowest BCUT2D eigenvalue weighted by Gasteiger charge is -2.29. The summed E-state index contributed by atoms with van der Waals surface area (Å²) >= 11 is 2.97. The lowest BCUT2D eigenvalue weighted by Crippen LogP contribution is -2.48. The summed E-state index contributed by atoms with van der Waals surface area (Å²) < 4.78 is 10.7.